The van der Waals surface area contributed by atoms with E-state index in [9.17, 15) is 4.79 Å². The summed E-state index contributed by atoms with van der Waals surface area (Å²) in [6.07, 6.45) is 0.780. The molecule has 0 radical (unpaired) electrons. The molecule has 0 aliphatic rings. The van der Waals surface area contributed by atoms with E-state index in [1.54, 1.807) is 7.05 Å². The predicted octanol–water partition coefficient (Wildman–Crippen LogP) is -1.03. The maximum absolute atomic E-state index is 11.6. The average Bonchev–Trinajstić information content (AvgIpc) is 2.21. The molecule has 0 saturated carbocycles. The van der Waals surface area contributed by atoms with Crippen LogP contribution in [0.3, 0.4) is 0 Å². The fourth-order valence-corrected chi connectivity index (χ4v) is 1.17. The number of nitrogens with two attached hydrogens (primary N) is 2. The molecule has 0 bridgehead atoms. The van der Waals surface area contributed by atoms with Crippen molar-refractivity contribution >= 4 is 11.7 Å². The quantitative estimate of drug-likeness (QED) is 0.197. The summed E-state index contributed by atoms with van der Waals surface area (Å²) in [5, 5.41) is 8.87. The molecule has 1 amide bonds. The van der Waals surface area contributed by atoms with Gasteiger partial charge in [0.2, 0.25) is 5.91 Å². The number of hydrogen-bond acceptors (Lipinski definition) is 4. The van der Waals surface area contributed by atoms with Crippen LogP contribution in [0.25, 0.3) is 0 Å². The summed E-state index contributed by atoms with van der Waals surface area (Å²) in [5.41, 5.74) is 5.35. The highest BCUT2D eigenvalue weighted by Gasteiger charge is 2.17. The number of carbonyl (C=O) groups is 1. The highest BCUT2D eigenvalue weighted by molar-refractivity contribution is 5.89. The third kappa shape index (κ3) is 5.90. The van der Waals surface area contributed by atoms with E-state index in [1.165, 1.54) is 0 Å². The maximum Gasteiger partial charge on any atom is 0.237 e. The Balaban J connectivity index is 4.05. The highest BCUT2D eigenvalue weighted by Crippen LogP contribution is 2.03. The van der Waals surface area contributed by atoms with Crippen molar-refractivity contribution in [1.29, 1.82) is 0 Å². The molecule has 0 rings (SSSR count). The Morgan fingerprint density at radius 2 is 2.07 bits per heavy atom. The molecule has 0 saturated heterocycles. The Kier molecular flexibility index (Phi) is 6.44. The van der Waals surface area contributed by atoms with Crippen LogP contribution in [-0.4, -0.2) is 31.4 Å². The van der Waals surface area contributed by atoms with Crippen LogP contribution in [-0.2, 0) is 4.79 Å². The average molecular weight is 215 g/mol. The lowest BCUT2D eigenvalue weighted by Gasteiger charge is -2.17. The minimum absolute atomic E-state index is 0.0854. The van der Waals surface area contributed by atoms with Gasteiger partial charge in [-0.2, -0.15) is 5.10 Å². The van der Waals surface area contributed by atoms with Gasteiger partial charge in [-0.25, -0.2) is 0 Å². The monoisotopic (exact) mass is 215 g/mol. The molecule has 0 aromatic carbocycles. The number of amides is 1. The number of carbonyl (C=O) groups excluding carboxylic acids is 1. The molecule has 0 aromatic rings. The van der Waals surface area contributed by atoms with E-state index in [0.717, 1.165) is 6.42 Å². The van der Waals surface area contributed by atoms with E-state index in [4.69, 9.17) is 11.6 Å². The summed E-state index contributed by atoms with van der Waals surface area (Å²) in [7, 11) is 1.76. The second-order valence-electron chi connectivity index (χ2n) is 3.81. The van der Waals surface area contributed by atoms with Gasteiger partial charge >= 0.3 is 0 Å². The largest absolute Gasteiger partial charge is 0.384 e. The molecule has 6 nitrogen and oxygen atoms in total. The molecule has 0 aliphatic heterocycles. The molecule has 6 heteroatoms. The van der Waals surface area contributed by atoms with Gasteiger partial charge in [0.05, 0.1) is 12.6 Å². The topological polar surface area (TPSA) is 106 Å². The fourth-order valence-electron chi connectivity index (χ4n) is 1.17. The van der Waals surface area contributed by atoms with Crippen LogP contribution in [0.1, 0.15) is 20.3 Å². The van der Waals surface area contributed by atoms with Crippen molar-refractivity contribution < 1.29 is 4.79 Å². The summed E-state index contributed by atoms with van der Waals surface area (Å²) in [6.45, 7) is 4.31. The van der Waals surface area contributed by atoms with Gasteiger partial charge in [0.25, 0.3) is 0 Å². The molecule has 0 aliphatic carbocycles. The van der Waals surface area contributed by atoms with Crippen molar-refractivity contribution in [3.63, 3.8) is 0 Å². The first-order valence-corrected chi connectivity index (χ1v) is 4.98. The van der Waals surface area contributed by atoms with Gasteiger partial charge in [0, 0.05) is 0 Å². The summed E-state index contributed by atoms with van der Waals surface area (Å²) >= 11 is 0. The first-order chi connectivity index (χ1) is 7.01. The van der Waals surface area contributed by atoms with Crippen LogP contribution in [0, 0.1) is 5.92 Å². The Labute approximate surface area is 90.5 Å². The van der Waals surface area contributed by atoms with Gasteiger partial charge in [-0.3, -0.25) is 4.79 Å². The molecule has 0 aromatic heterocycles. The van der Waals surface area contributed by atoms with Crippen LogP contribution >= 0.6 is 0 Å². The third-order valence-corrected chi connectivity index (χ3v) is 1.98. The maximum atomic E-state index is 11.6. The number of hydrogen-bond donors (Lipinski definition) is 4. The van der Waals surface area contributed by atoms with Crippen molar-refractivity contribution in [3.8, 4) is 0 Å². The molecular weight excluding hydrogens is 194 g/mol. The minimum Gasteiger partial charge on any atom is -0.384 e. The molecule has 0 unspecified atom stereocenters. The number of amidine groups is 1. The third-order valence-electron chi connectivity index (χ3n) is 1.98. The zero-order valence-electron chi connectivity index (χ0n) is 9.58. The molecule has 0 spiro atoms. The standard InChI is InChI=1S/C9H21N5O/c1-6(2)4-7(12-3)9(15)13-5-8(10)14-11/h6-7,12H,4-5,11H2,1-3H3,(H2,10,14)(H,13,15)/t7-/m0/s1. The SMILES string of the molecule is CN[C@@H](CC(C)C)C(=O)NCC(N)=NN. The summed E-state index contributed by atoms with van der Waals surface area (Å²) in [5.74, 6) is 5.52. The Morgan fingerprint density at radius 1 is 1.47 bits per heavy atom. The van der Waals surface area contributed by atoms with Gasteiger partial charge in [-0.1, -0.05) is 13.8 Å². The van der Waals surface area contributed by atoms with Crippen molar-refractivity contribution in [2.24, 2.45) is 22.6 Å². The minimum atomic E-state index is -0.199. The lowest BCUT2D eigenvalue weighted by atomic mass is 10.0. The van der Waals surface area contributed by atoms with Crippen LogP contribution in [0.2, 0.25) is 0 Å². The van der Waals surface area contributed by atoms with E-state index in [2.05, 4.69) is 29.6 Å². The summed E-state index contributed by atoms with van der Waals surface area (Å²) in [4.78, 5) is 11.6. The van der Waals surface area contributed by atoms with Crippen molar-refractivity contribution in [2.45, 2.75) is 26.3 Å². The van der Waals surface area contributed by atoms with E-state index in [1.807, 2.05) is 0 Å². The van der Waals surface area contributed by atoms with Crippen LogP contribution in [0.4, 0.5) is 0 Å². The second kappa shape index (κ2) is 7.05. The van der Waals surface area contributed by atoms with E-state index >= 15 is 0 Å². The lowest BCUT2D eigenvalue weighted by molar-refractivity contribution is -0.123. The number of nitrogens with one attached hydrogen (secondary N) is 2. The molecule has 6 N–H and O–H groups in total. The number of likely N-dealkylation sites (N-methyl/N-ethyl adjacent to an activating group) is 1. The number of nitrogens with zero attached hydrogens (tertiary/aromatic N) is 1. The highest BCUT2D eigenvalue weighted by atomic mass is 16.2. The second-order valence-corrected chi connectivity index (χ2v) is 3.81. The molecule has 15 heavy (non-hydrogen) atoms. The molecular formula is C9H21N5O. The molecule has 0 heterocycles. The molecule has 0 fully saturated rings. The number of hydrazone groups is 1. The zero-order chi connectivity index (χ0) is 11.8. The normalized spacial score (nSPS) is 14.0. The van der Waals surface area contributed by atoms with Crippen LogP contribution < -0.4 is 22.2 Å². The van der Waals surface area contributed by atoms with E-state index in [-0.39, 0.29) is 24.3 Å². The van der Waals surface area contributed by atoms with E-state index in [0.29, 0.717) is 5.92 Å². The smallest absolute Gasteiger partial charge is 0.237 e. The van der Waals surface area contributed by atoms with Crippen LogP contribution in [0.5, 0.6) is 0 Å². The van der Waals surface area contributed by atoms with Crippen molar-refractivity contribution in [2.75, 3.05) is 13.6 Å². The first-order valence-electron chi connectivity index (χ1n) is 4.98. The number of rotatable bonds is 6. The summed E-state index contributed by atoms with van der Waals surface area (Å²) < 4.78 is 0. The van der Waals surface area contributed by atoms with Gasteiger partial charge in [-0.15, -0.1) is 0 Å². The Morgan fingerprint density at radius 3 is 2.47 bits per heavy atom. The Bertz CT molecular complexity index is 227. The predicted molar refractivity (Wildman–Crippen MR) is 61.1 cm³/mol. The fraction of sp³-hybridized carbons (Fsp3) is 0.778. The zero-order valence-corrected chi connectivity index (χ0v) is 9.58. The Hall–Kier alpha value is -1.30. The van der Waals surface area contributed by atoms with Crippen LogP contribution in [0.15, 0.2) is 5.10 Å². The molecule has 1 atom stereocenters. The summed E-state index contributed by atoms with van der Waals surface area (Å²) in [6, 6.07) is -0.199. The van der Waals surface area contributed by atoms with Gasteiger partial charge in [0.15, 0.2) is 0 Å². The van der Waals surface area contributed by atoms with Gasteiger partial charge < -0.3 is 22.2 Å². The van der Waals surface area contributed by atoms with Gasteiger partial charge in [-0.05, 0) is 19.4 Å². The molecule has 88 valence electrons. The van der Waals surface area contributed by atoms with Gasteiger partial charge in [0.1, 0.15) is 5.84 Å². The first kappa shape index (κ1) is 13.7. The van der Waals surface area contributed by atoms with Crippen molar-refractivity contribution in [1.82, 2.24) is 10.6 Å². The van der Waals surface area contributed by atoms with E-state index < -0.39 is 0 Å². The lowest BCUT2D eigenvalue weighted by Crippen LogP contribution is -2.46. The van der Waals surface area contributed by atoms with Crippen molar-refractivity contribution in [3.05, 3.63) is 0 Å².